The molecule has 0 saturated heterocycles. The van der Waals surface area contributed by atoms with Crippen molar-refractivity contribution in [2.24, 2.45) is 0 Å². The van der Waals surface area contributed by atoms with Crippen LogP contribution in [0.3, 0.4) is 0 Å². The normalized spacial score (nSPS) is 10.7. The number of hydrogen-bond acceptors (Lipinski definition) is 2. The molecule has 2 heteroatoms. The number of Topliss-reactive ketones (excluding diaryl/α,β-unsaturated/α-hetero) is 1. The maximum Gasteiger partial charge on any atom is 1.00 e. The Balaban J connectivity index is 0.00000133. The van der Waals surface area contributed by atoms with E-state index in [9.17, 15) is 9.59 Å². The highest BCUT2D eigenvalue weighted by molar-refractivity contribution is 6.40. The summed E-state index contributed by atoms with van der Waals surface area (Å²) in [6.45, 7) is 0. The topological polar surface area (TPSA) is 34.1 Å². The van der Waals surface area contributed by atoms with Crippen molar-refractivity contribution in [3.63, 3.8) is 0 Å². The quantitative estimate of drug-likeness (QED) is 0.295. The zero-order valence-corrected chi connectivity index (χ0v) is 9.59. The van der Waals surface area contributed by atoms with Gasteiger partial charge in [-0.2, -0.15) is 0 Å². The van der Waals surface area contributed by atoms with E-state index in [0.717, 1.165) is 21.5 Å². The number of benzene rings is 3. The van der Waals surface area contributed by atoms with Crippen molar-refractivity contribution in [1.29, 1.82) is 0 Å². The summed E-state index contributed by atoms with van der Waals surface area (Å²) < 4.78 is 0. The third kappa shape index (κ3) is 1.51. The van der Waals surface area contributed by atoms with Crippen molar-refractivity contribution < 1.29 is 11.0 Å². The molecule has 0 heterocycles. The van der Waals surface area contributed by atoms with E-state index in [1.807, 2.05) is 54.6 Å². The fraction of sp³-hybridized carbons (Fsp3) is 0. The number of ketones is 1. The molecule has 0 saturated carbocycles. The third-order valence-corrected chi connectivity index (χ3v) is 3.12. The van der Waals surface area contributed by atoms with E-state index in [-0.39, 0.29) is 1.43 Å². The number of rotatable bonds is 2. The summed E-state index contributed by atoms with van der Waals surface area (Å²) >= 11 is 0. The Bertz CT molecular complexity index is 724. The van der Waals surface area contributed by atoms with Gasteiger partial charge in [-0.3, -0.25) is 9.59 Å². The number of fused-ring (bicyclic) bond motifs is 2. The van der Waals surface area contributed by atoms with Crippen LogP contribution < -0.4 is 0 Å². The number of carbonyl (C=O) groups is 2. The van der Waals surface area contributed by atoms with E-state index in [1.54, 1.807) is 0 Å². The highest BCUT2D eigenvalue weighted by Gasteiger charge is 2.13. The molecule has 86 valence electrons. The van der Waals surface area contributed by atoms with E-state index in [1.165, 1.54) is 0 Å². The van der Waals surface area contributed by atoms with Crippen molar-refractivity contribution in [3.05, 3.63) is 60.2 Å². The molecule has 0 radical (unpaired) electrons. The Kier molecular flexibility index (Phi) is 2.41. The first-order chi connectivity index (χ1) is 8.81. The standard InChI is InChI=1S/C16H10O2/c17-10-15(18)16-13-7-3-1-5-11(13)9-12-6-2-4-8-14(12)16/h1-10H/p+1. The van der Waals surface area contributed by atoms with E-state index in [2.05, 4.69) is 0 Å². The third-order valence-electron chi connectivity index (χ3n) is 3.12. The molecular weight excluding hydrogens is 224 g/mol. The second-order valence-electron chi connectivity index (χ2n) is 4.18. The molecule has 2 nitrogen and oxygen atoms in total. The van der Waals surface area contributed by atoms with Crippen molar-refractivity contribution in [2.75, 3.05) is 0 Å². The van der Waals surface area contributed by atoms with Gasteiger partial charge in [0.1, 0.15) is 0 Å². The van der Waals surface area contributed by atoms with Gasteiger partial charge in [0.15, 0.2) is 6.29 Å². The molecule has 0 aliphatic rings. The Morgan fingerprint density at radius 2 is 1.39 bits per heavy atom. The smallest absolute Gasteiger partial charge is 0.294 e. The molecule has 0 aliphatic carbocycles. The molecule has 0 atom stereocenters. The van der Waals surface area contributed by atoms with Gasteiger partial charge in [-0.05, 0) is 27.6 Å². The van der Waals surface area contributed by atoms with Gasteiger partial charge in [-0.15, -0.1) is 0 Å². The lowest BCUT2D eigenvalue weighted by Gasteiger charge is -2.08. The van der Waals surface area contributed by atoms with Gasteiger partial charge in [0.25, 0.3) is 0 Å². The van der Waals surface area contributed by atoms with Gasteiger partial charge in [0.2, 0.25) is 5.78 Å². The second-order valence-corrected chi connectivity index (χ2v) is 4.18. The molecule has 0 unspecified atom stereocenters. The molecule has 0 fully saturated rings. The largest absolute Gasteiger partial charge is 1.00 e. The highest BCUT2D eigenvalue weighted by atomic mass is 16.2. The highest BCUT2D eigenvalue weighted by Crippen LogP contribution is 2.28. The summed E-state index contributed by atoms with van der Waals surface area (Å²) in [4.78, 5) is 22.7. The van der Waals surface area contributed by atoms with Gasteiger partial charge in [0.05, 0.1) is 0 Å². The summed E-state index contributed by atoms with van der Waals surface area (Å²) in [7, 11) is 0. The molecule has 0 bridgehead atoms. The molecule has 3 aromatic rings. The van der Waals surface area contributed by atoms with Crippen molar-refractivity contribution in [3.8, 4) is 0 Å². The van der Waals surface area contributed by atoms with Gasteiger partial charge < -0.3 is 0 Å². The summed E-state index contributed by atoms with van der Waals surface area (Å²) in [5.74, 6) is -0.469. The van der Waals surface area contributed by atoms with Gasteiger partial charge in [0, 0.05) is 5.56 Å². The summed E-state index contributed by atoms with van der Waals surface area (Å²) in [5.41, 5.74) is 0.499. The van der Waals surface area contributed by atoms with Crippen LogP contribution in [-0.4, -0.2) is 12.1 Å². The number of carbonyl (C=O) groups excluding carboxylic acids is 2. The molecule has 0 aliphatic heterocycles. The maximum atomic E-state index is 11.9. The number of hydrogen-bond donors (Lipinski definition) is 0. The molecule has 0 N–H and O–H groups in total. The van der Waals surface area contributed by atoms with Crippen LogP contribution in [0.4, 0.5) is 0 Å². The van der Waals surface area contributed by atoms with E-state index >= 15 is 0 Å². The number of aldehydes is 1. The fourth-order valence-corrected chi connectivity index (χ4v) is 2.34. The lowest BCUT2D eigenvalue weighted by Crippen LogP contribution is -2.02. The van der Waals surface area contributed by atoms with Crippen molar-refractivity contribution >= 4 is 33.6 Å². The van der Waals surface area contributed by atoms with Gasteiger partial charge in [-0.1, -0.05) is 48.5 Å². The predicted molar refractivity (Wildman–Crippen MR) is 73.0 cm³/mol. The van der Waals surface area contributed by atoms with Crippen LogP contribution in [0.25, 0.3) is 21.5 Å². The minimum atomic E-state index is -0.469. The van der Waals surface area contributed by atoms with Crippen LogP contribution in [-0.2, 0) is 4.79 Å². The lowest BCUT2D eigenvalue weighted by atomic mass is 9.95. The molecule has 18 heavy (non-hydrogen) atoms. The van der Waals surface area contributed by atoms with E-state index < -0.39 is 5.78 Å². The van der Waals surface area contributed by atoms with Crippen LogP contribution in [0.5, 0.6) is 0 Å². The molecule has 0 spiro atoms. The Hall–Kier alpha value is -2.48. The van der Waals surface area contributed by atoms with Crippen molar-refractivity contribution in [1.82, 2.24) is 0 Å². The minimum Gasteiger partial charge on any atom is -0.294 e. The van der Waals surface area contributed by atoms with Crippen molar-refractivity contribution in [2.45, 2.75) is 0 Å². The van der Waals surface area contributed by atoms with E-state index in [0.29, 0.717) is 11.8 Å². The molecule has 3 rings (SSSR count). The van der Waals surface area contributed by atoms with Crippen LogP contribution >= 0.6 is 0 Å². The first kappa shape index (κ1) is 10.7. The Labute approximate surface area is 105 Å². The summed E-state index contributed by atoms with van der Waals surface area (Å²) in [5, 5.41) is 3.60. The minimum absolute atomic E-state index is 0. The summed E-state index contributed by atoms with van der Waals surface area (Å²) in [6.07, 6.45) is 0.383. The predicted octanol–water partition coefficient (Wildman–Crippen LogP) is 3.49. The molecular formula is C16H11O2+. The van der Waals surface area contributed by atoms with Crippen LogP contribution in [0.15, 0.2) is 54.6 Å². The lowest BCUT2D eigenvalue weighted by molar-refractivity contribution is -0.104. The van der Waals surface area contributed by atoms with Crippen LogP contribution in [0, 0.1) is 0 Å². The average Bonchev–Trinajstić information content (AvgIpc) is 2.44. The van der Waals surface area contributed by atoms with Gasteiger partial charge >= 0.3 is 1.43 Å². The first-order valence-corrected chi connectivity index (χ1v) is 5.71. The summed E-state index contributed by atoms with van der Waals surface area (Å²) in [6, 6.07) is 17.3. The van der Waals surface area contributed by atoms with E-state index in [4.69, 9.17) is 0 Å². The monoisotopic (exact) mass is 235 g/mol. The Morgan fingerprint density at radius 1 is 0.889 bits per heavy atom. The van der Waals surface area contributed by atoms with Crippen LogP contribution in [0.1, 0.15) is 11.8 Å². The Morgan fingerprint density at radius 3 is 1.89 bits per heavy atom. The zero-order valence-electron chi connectivity index (χ0n) is 10.6. The maximum absolute atomic E-state index is 11.9. The molecule has 0 amide bonds. The molecule has 3 aromatic carbocycles. The first-order valence-electron chi connectivity index (χ1n) is 5.71. The molecule has 0 aromatic heterocycles. The second kappa shape index (κ2) is 4.08. The average molecular weight is 235 g/mol. The van der Waals surface area contributed by atoms with Gasteiger partial charge in [-0.25, -0.2) is 0 Å². The fourth-order valence-electron chi connectivity index (χ4n) is 2.34. The SMILES string of the molecule is O=CC(=O)c1c2ccccc2cc2ccccc12.[H+]. The van der Waals surface area contributed by atoms with Crippen LogP contribution in [0.2, 0.25) is 0 Å². The zero-order chi connectivity index (χ0) is 12.5.